The first kappa shape index (κ1) is 19.1. The number of fused-ring (bicyclic) bond motifs is 2. The first-order chi connectivity index (χ1) is 15.2. The smallest absolute Gasteiger partial charge is 0.221 e. The third-order valence-corrected chi connectivity index (χ3v) is 5.76. The zero-order valence-corrected chi connectivity index (χ0v) is 17.4. The third-order valence-electron chi connectivity index (χ3n) is 5.76. The fourth-order valence-electron chi connectivity index (χ4n) is 4.12. The summed E-state index contributed by atoms with van der Waals surface area (Å²) in [6.07, 6.45) is 4.82. The molecule has 0 saturated carbocycles. The lowest BCUT2D eigenvalue weighted by Crippen LogP contribution is -2.29. The van der Waals surface area contributed by atoms with Gasteiger partial charge in [-0.25, -0.2) is 4.98 Å². The van der Waals surface area contributed by atoms with Gasteiger partial charge in [0, 0.05) is 23.5 Å². The Morgan fingerprint density at radius 1 is 0.968 bits per heavy atom. The summed E-state index contributed by atoms with van der Waals surface area (Å²) in [5.74, 6) is 0.0283. The average Bonchev–Trinajstić information content (AvgIpc) is 3.42. The van der Waals surface area contributed by atoms with Gasteiger partial charge in [-0.3, -0.25) is 4.79 Å². The highest BCUT2D eigenvalue weighted by molar-refractivity contribution is 5.85. The highest BCUT2D eigenvalue weighted by Gasteiger charge is 2.18. The average molecular weight is 409 g/mol. The van der Waals surface area contributed by atoms with Crippen LogP contribution in [0.4, 0.5) is 0 Å². The van der Waals surface area contributed by atoms with E-state index in [2.05, 4.69) is 51.5 Å². The number of carbonyl (C=O) groups is 1. The number of benzene rings is 3. The molecule has 1 unspecified atom stereocenters. The molecule has 1 amide bonds. The topological polar surface area (TPSA) is 73.6 Å². The number of nitrogens with zero attached hydrogens (tertiary/aromatic N) is 1. The third kappa shape index (κ3) is 3.94. The summed E-state index contributed by atoms with van der Waals surface area (Å²) in [6.45, 7) is 2.09. The predicted molar refractivity (Wildman–Crippen MR) is 124 cm³/mol. The van der Waals surface area contributed by atoms with Crippen LogP contribution in [0.2, 0.25) is 0 Å². The maximum atomic E-state index is 13.0. The van der Waals surface area contributed by atoms with Crippen LogP contribution in [0.3, 0.4) is 0 Å². The van der Waals surface area contributed by atoms with E-state index >= 15 is 0 Å². The summed E-state index contributed by atoms with van der Waals surface area (Å²) in [7, 11) is 0. The zero-order chi connectivity index (χ0) is 21.2. The first-order valence-electron chi connectivity index (χ1n) is 10.5. The van der Waals surface area contributed by atoms with Crippen molar-refractivity contribution in [2.45, 2.75) is 25.8 Å². The van der Waals surface area contributed by atoms with Crippen LogP contribution in [0.5, 0.6) is 0 Å². The second-order valence-electron chi connectivity index (χ2n) is 7.95. The standard InChI is InChI=1S/C26H24N4O/c1-17-7-10-22-21(13-17)20(15-27-22)9-12-25(31)30-26(18-5-3-2-4-6-18)19-8-11-23-24(14-19)29-16-28-23/h2-8,10-11,13-16,26-27H,9,12H2,1H3,(H,28,29)(H,30,31). The molecule has 3 aromatic carbocycles. The van der Waals surface area contributed by atoms with Gasteiger partial charge in [0.05, 0.1) is 23.4 Å². The van der Waals surface area contributed by atoms with Crippen LogP contribution in [0, 0.1) is 6.92 Å². The van der Waals surface area contributed by atoms with Crippen molar-refractivity contribution in [1.82, 2.24) is 20.3 Å². The van der Waals surface area contributed by atoms with Crippen molar-refractivity contribution in [1.29, 1.82) is 0 Å². The molecule has 0 spiro atoms. The van der Waals surface area contributed by atoms with E-state index in [1.165, 1.54) is 16.5 Å². The molecule has 0 fully saturated rings. The van der Waals surface area contributed by atoms with Crippen molar-refractivity contribution in [3.05, 3.63) is 102 Å². The van der Waals surface area contributed by atoms with Crippen LogP contribution >= 0.6 is 0 Å². The van der Waals surface area contributed by atoms with Gasteiger partial charge in [-0.15, -0.1) is 0 Å². The number of H-pyrrole nitrogens is 2. The maximum absolute atomic E-state index is 13.0. The Kier molecular flexibility index (Phi) is 5.00. The minimum atomic E-state index is -0.216. The van der Waals surface area contributed by atoms with E-state index in [0.29, 0.717) is 12.8 Å². The Morgan fingerprint density at radius 3 is 2.71 bits per heavy atom. The molecule has 0 radical (unpaired) electrons. The number of aryl methyl sites for hydroxylation is 2. The molecule has 5 heteroatoms. The summed E-state index contributed by atoms with van der Waals surface area (Å²) in [6, 6.07) is 22.3. The van der Waals surface area contributed by atoms with Crippen molar-refractivity contribution in [2.75, 3.05) is 0 Å². The minimum Gasteiger partial charge on any atom is -0.361 e. The van der Waals surface area contributed by atoms with E-state index in [9.17, 15) is 4.79 Å². The van der Waals surface area contributed by atoms with Crippen molar-refractivity contribution >= 4 is 27.8 Å². The molecular weight excluding hydrogens is 384 g/mol. The molecule has 1 atom stereocenters. The molecule has 0 aliphatic heterocycles. The molecule has 5 nitrogen and oxygen atoms in total. The Bertz CT molecular complexity index is 1350. The van der Waals surface area contributed by atoms with Crippen molar-refractivity contribution in [3.8, 4) is 0 Å². The quantitative estimate of drug-likeness (QED) is 0.362. The number of aromatic amines is 2. The van der Waals surface area contributed by atoms with Crippen LogP contribution in [-0.4, -0.2) is 20.9 Å². The molecule has 0 aliphatic carbocycles. The van der Waals surface area contributed by atoms with Crippen LogP contribution in [-0.2, 0) is 11.2 Å². The highest BCUT2D eigenvalue weighted by Crippen LogP contribution is 2.25. The predicted octanol–water partition coefficient (Wildman–Crippen LogP) is 5.19. The SMILES string of the molecule is Cc1ccc2[nH]cc(CCC(=O)NC(c3ccccc3)c3ccc4nc[nH]c4c3)c2c1. The van der Waals surface area contributed by atoms with Gasteiger partial charge in [0.25, 0.3) is 0 Å². The number of nitrogens with one attached hydrogen (secondary N) is 3. The van der Waals surface area contributed by atoms with E-state index in [1.807, 2.05) is 48.7 Å². The Hall–Kier alpha value is -3.86. The van der Waals surface area contributed by atoms with Gasteiger partial charge in [-0.2, -0.15) is 0 Å². The summed E-state index contributed by atoms with van der Waals surface area (Å²) >= 11 is 0. The highest BCUT2D eigenvalue weighted by atomic mass is 16.1. The number of carbonyl (C=O) groups excluding carboxylic acids is 1. The molecular formula is C26H24N4O. The second-order valence-corrected chi connectivity index (χ2v) is 7.95. The minimum absolute atomic E-state index is 0.0283. The van der Waals surface area contributed by atoms with Gasteiger partial charge >= 0.3 is 0 Å². The maximum Gasteiger partial charge on any atom is 0.221 e. The zero-order valence-electron chi connectivity index (χ0n) is 17.4. The number of aromatic nitrogens is 3. The summed E-state index contributed by atoms with van der Waals surface area (Å²) in [4.78, 5) is 23.7. The summed E-state index contributed by atoms with van der Waals surface area (Å²) in [5.41, 5.74) is 7.45. The van der Waals surface area contributed by atoms with Gasteiger partial charge in [-0.05, 0) is 54.3 Å². The van der Waals surface area contributed by atoms with Crippen LogP contribution in [0.1, 0.15) is 34.7 Å². The van der Waals surface area contributed by atoms with E-state index in [4.69, 9.17) is 0 Å². The molecule has 154 valence electrons. The molecule has 2 heterocycles. The molecule has 5 rings (SSSR count). The molecule has 2 aromatic heterocycles. The molecule has 5 aromatic rings. The fraction of sp³-hybridized carbons (Fsp3) is 0.154. The molecule has 31 heavy (non-hydrogen) atoms. The largest absolute Gasteiger partial charge is 0.361 e. The lowest BCUT2D eigenvalue weighted by molar-refractivity contribution is -0.121. The van der Waals surface area contributed by atoms with Gasteiger partial charge < -0.3 is 15.3 Å². The molecule has 3 N–H and O–H groups in total. The van der Waals surface area contributed by atoms with Crippen LogP contribution in [0.15, 0.2) is 79.3 Å². The summed E-state index contributed by atoms with van der Waals surface area (Å²) < 4.78 is 0. The van der Waals surface area contributed by atoms with Gasteiger partial charge in [0.15, 0.2) is 0 Å². The lowest BCUT2D eigenvalue weighted by Gasteiger charge is -2.20. The number of amides is 1. The van der Waals surface area contributed by atoms with Gasteiger partial charge in [0.1, 0.15) is 0 Å². The second kappa shape index (κ2) is 8.11. The number of hydrogen-bond acceptors (Lipinski definition) is 2. The fourth-order valence-corrected chi connectivity index (χ4v) is 4.12. The number of hydrogen-bond donors (Lipinski definition) is 3. The van der Waals surface area contributed by atoms with Crippen molar-refractivity contribution in [3.63, 3.8) is 0 Å². The van der Waals surface area contributed by atoms with E-state index in [1.54, 1.807) is 6.33 Å². The Balaban J connectivity index is 1.37. The van der Waals surface area contributed by atoms with Crippen molar-refractivity contribution < 1.29 is 4.79 Å². The Morgan fingerprint density at radius 2 is 1.84 bits per heavy atom. The lowest BCUT2D eigenvalue weighted by atomic mass is 9.97. The van der Waals surface area contributed by atoms with Gasteiger partial charge in [-0.1, -0.05) is 48.0 Å². The summed E-state index contributed by atoms with van der Waals surface area (Å²) in [5, 5.41) is 4.44. The van der Waals surface area contributed by atoms with Crippen LogP contribution in [0.25, 0.3) is 21.9 Å². The monoisotopic (exact) mass is 408 g/mol. The Labute approximate surface area is 180 Å². The number of rotatable bonds is 6. The van der Waals surface area contributed by atoms with Crippen molar-refractivity contribution in [2.24, 2.45) is 0 Å². The molecule has 0 aliphatic rings. The normalized spacial score (nSPS) is 12.3. The number of imidazole rings is 1. The van der Waals surface area contributed by atoms with E-state index < -0.39 is 0 Å². The molecule has 0 bridgehead atoms. The first-order valence-corrected chi connectivity index (χ1v) is 10.5. The van der Waals surface area contributed by atoms with Gasteiger partial charge in [0.2, 0.25) is 5.91 Å². The van der Waals surface area contributed by atoms with E-state index in [-0.39, 0.29) is 11.9 Å². The van der Waals surface area contributed by atoms with Crippen LogP contribution < -0.4 is 5.32 Å². The van der Waals surface area contributed by atoms with E-state index in [0.717, 1.165) is 27.7 Å². The molecule has 0 saturated heterocycles.